The normalized spacial score (nSPS) is 9.90. The van der Waals surface area contributed by atoms with Gasteiger partial charge in [-0.3, -0.25) is 4.79 Å². The van der Waals surface area contributed by atoms with Crippen LogP contribution >= 0.6 is 0 Å². The van der Waals surface area contributed by atoms with Crippen LogP contribution in [0, 0.1) is 0 Å². The van der Waals surface area contributed by atoms with Gasteiger partial charge in [0.15, 0.2) is 5.96 Å². The predicted octanol–water partition coefficient (Wildman–Crippen LogP) is 1.37. The minimum Gasteiger partial charge on any atom is -0.349 e. The topological polar surface area (TPSA) is 39.2 Å². The van der Waals surface area contributed by atoms with E-state index in [-0.39, 0.29) is 5.91 Å². The summed E-state index contributed by atoms with van der Waals surface area (Å²) in [5.74, 6) is 0.908. The zero-order chi connectivity index (χ0) is 15.3. The van der Waals surface area contributed by atoms with E-state index in [1.807, 2.05) is 62.3 Å². The van der Waals surface area contributed by atoms with Crippen LogP contribution in [0.2, 0.25) is 0 Å². The molecule has 1 amide bonds. The average Bonchev–Trinajstić information content (AvgIpc) is 2.37. The first-order valence-corrected chi connectivity index (χ1v) is 6.52. The van der Waals surface area contributed by atoms with E-state index in [9.17, 15) is 4.79 Å². The summed E-state index contributed by atoms with van der Waals surface area (Å²) in [7, 11) is 11.4. The molecular weight excluding hydrogens is 252 g/mol. The van der Waals surface area contributed by atoms with Crippen LogP contribution in [0.1, 0.15) is 15.9 Å². The fourth-order valence-electron chi connectivity index (χ4n) is 1.91. The molecule has 0 heterocycles. The second-order valence-electron chi connectivity index (χ2n) is 5.31. The van der Waals surface area contributed by atoms with Gasteiger partial charge in [0, 0.05) is 47.8 Å². The summed E-state index contributed by atoms with van der Waals surface area (Å²) in [6.07, 6.45) is 0. The lowest BCUT2D eigenvalue weighted by molar-refractivity contribution is 0.0827. The molecule has 0 atom stereocenters. The Hall–Kier alpha value is -2.04. The van der Waals surface area contributed by atoms with Gasteiger partial charge in [-0.15, -0.1) is 0 Å². The number of guanidine groups is 1. The lowest BCUT2D eigenvalue weighted by Crippen LogP contribution is -2.35. The maximum Gasteiger partial charge on any atom is 0.253 e. The molecule has 1 rings (SSSR count). The van der Waals surface area contributed by atoms with E-state index in [1.54, 1.807) is 19.0 Å². The van der Waals surface area contributed by atoms with Crippen molar-refractivity contribution in [1.29, 1.82) is 0 Å². The summed E-state index contributed by atoms with van der Waals surface area (Å²) in [4.78, 5) is 22.0. The summed E-state index contributed by atoms with van der Waals surface area (Å²) in [6.45, 7) is 0.556. The van der Waals surface area contributed by atoms with Gasteiger partial charge in [0.1, 0.15) is 0 Å². The summed E-state index contributed by atoms with van der Waals surface area (Å²) in [6, 6.07) is 7.61. The fourth-order valence-corrected chi connectivity index (χ4v) is 1.91. The first-order valence-electron chi connectivity index (χ1n) is 6.52. The number of hydrogen-bond acceptors (Lipinski definition) is 2. The minimum absolute atomic E-state index is 0.0104. The molecule has 0 saturated carbocycles. The Balaban J connectivity index is 2.91. The second kappa shape index (κ2) is 6.93. The van der Waals surface area contributed by atoms with Crippen LogP contribution < -0.4 is 0 Å². The van der Waals surface area contributed by atoms with Gasteiger partial charge in [-0.05, 0) is 17.7 Å². The number of nitrogens with zero attached hydrogens (tertiary/aromatic N) is 4. The predicted molar refractivity (Wildman–Crippen MR) is 83.0 cm³/mol. The highest BCUT2D eigenvalue weighted by Gasteiger charge is 2.08. The van der Waals surface area contributed by atoms with E-state index in [1.165, 1.54) is 0 Å². The van der Waals surface area contributed by atoms with E-state index >= 15 is 0 Å². The second-order valence-corrected chi connectivity index (χ2v) is 5.31. The number of benzene rings is 1. The number of hydrogen-bond donors (Lipinski definition) is 0. The third-order valence-corrected chi connectivity index (χ3v) is 2.78. The van der Waals surface area contributed by atoms with Crippen LogP contribution in [0.15, 0.2) is 29.3 Å². The number of rotatable bonds is 3. The van der Waals surface area contributed by atoms with Crippen molar-refractivity contribution in [2.75, 3.05) is 42.3 Å². The lowest BCUT2D eigenvalue weighted by Gasteiger charge is -2.22. The highest BCUT2D eigenvalue weighted by Crippen LogP contribution is 2.09. The van der Waals surface area contributed by atoms with E-state index in [0.29, 0.717) is 12.1 Å². The van der Waals surface area contributed by atoms with Gasteiger partial charge in [0.25, 0.3) is 5.91 Å². The SMILES string of the molecule is CN(C)C(=O)c1cccc(CN=C(N(C)C)N(C)C)c1. The molecule has 0 spiro atoms. The van der Waals surface area contributed by atoms with Crippen molar-refractivity contribution in [2.24, 2.45) is 4.99 Å². The molecule has 0 aliphatic rings. The molecule has 0 bridgehead atoms. The summed E-state index contributed by atoms with van der Waals surface area (Å²) in [5, 5.41) is 0. The quantitative estimate of drug-likeness (QED) is 0.618. The van der Waals surface area contributed by atoms with Gasteiger partial charge in [0.2, 0.25) is 0 Å². The molecule has 1 aromatic rings. The highest BCUT2D eigenvalue weighted by atomic mass is 16.2. The van der Waals surface area contributed by atoms with Gasteiger partial charge in [-0.25, -0.2) is 4.99 Å². The summed E-state index contributed by atoms with van der Waals surface area (Å²) >= 11 is 0. The molecule has 0 fully saturated rings. The Morgan fingerprint density at radius 2 is 1.60 bits per heavy atom. The fraction of sp³-hybridized carbons (Fsp3) is 0.467. The Labute approximate surface area is 121 Å². The molecule has 0 aliphatic carbocycles. The molecule has 1 aromatic carbocycles. The molecule has 0 radical (unpaired) electrons. The van der Waals surface area contributed by atoms with E-state index in [2.05, 4.69) is 4.99 Å². The van der Waals surface area contributed by atoms with Crippen LogP contribution in [0.5, 0.6) is 0 Å². The lowest BCUT2D eigenvalue weighted by atomic mass is 10.1. The zero-order valence-corrected chi connectivity index (χ0v) is 13.2. The molecule has 5 nitrogen and oxygen atoms in total. The highest BCUT2D eigenvalue weighted by molar-refractivity contribution is 5.94. The molecule has 110 valence electrons. The molecule has 0 aliphatic heterocycles. The van der Waals surface area contributed by atoms with Gasteiger partial charge in [-0.2, -0.15) is 0 Å². The zero-order valence-electron chi connectivity index (χ0n) is 13.2. The van der Waals surface area contributed by atoms with E-state index in [0.717, 1.165) is 11.5 Å². The van der Waals surface area contributed by atoms with Crippen molar-refractivity contribution >= 4 is 11.9 Å². The van der Waals surface area contributed by atoms with Gasteiger partial charge in [-0.1, -0.05) is 12.1 Å². The summed E-state index contributed by atoms with van der Waals surface area (Å²) in [5.41, 5.74) is 1.72. The van der Waals surface area contributed by atoms with Crippen molar-refractivity contribution < 1.29 is 4.79 Å². The number of aliphatic imine (C=N–C) groups is 1. The van der Waals surface area contributed by atoms with Gasteiger partial charge in [0.05, 0.1) is 6.54 Å². The Morgan fingerprint density at radius 3 is 2.10 bits per heavy atom. The van der Waals surface area contributed by atoms with Crippen LogP contribution in [-0.2, 0) is 6.54 Å². The van der Waals surface area contributed by atoms with Crippen LogP contribution in [0.25, 0.3) is 0 Å². The first kappa shape index (κ1) is 16.0. The van der Waals surface area contributed by atoms with Crippen molar-refractivity contribution in [1.82, 2.24) is 14.7 Å². The average molecular weight is 276 g/mol. The van der Waals surface area contributed by atoms with Crippen LogP contribution in [0.4, 0.5) is 0 Å². The molecule has 0 unspecified atom stereocenters. The van der Waals surface area contributed by atoms with E-state index < -0.39 is 0 Å². The van der Waals surface area contributed by atoms with Crippen molar-refractivity contribution in [3.8, 4) is 0 Å². The maximum absolute atomic E-state index is 11.9. The van der Waals surface area contributed by atoms with E-state index in [4.69, 9.17) is 0 Å². The third kappa shape index (κ3) is 4.26. The number of carbonyl (C=O) groups is 1. The van der Waals surface area contributed by atoms with Crippen LogP contribution in [-0.4, -0.2) is 68.9 Å². The Morgan fingerprint density at radius 1 is 1.00 bits per heavy atom. The molecule has 0 N–H and O–H groups in total. The molecular formula is C15H24N4O. The number of amides is 1. The first-order chi connectivity index (χ1) is 9.32. The monoisotopic (exact) mass is 276 g/mol. The Bertz CT molecular complexity index is 482. The van der Waals surface area contributed by atoms with Crippen molar-refractivity contribution in [3.63, 3.8) is 0 Å². The maximum atomic E-state index is 11.9. The standard InChI is InChI=1S/C15H24N4O/c1-17(2)14(20)13-9-7-8-12(10-13)11-16-15(18(3)4)19(5)6/h7-10H,11H2,1-6H3. The summed E-state index contributed by atoms with van der Waals surface area (Å²) < 4.78 is 0. The smallest absolute Gasteiger partial charge is 0.253 e. The molecule has 0 saturated heterocycles. The number of carbonyl (C=O) groups excluding carboxylic acids is 1. The van der Waals surface area contributed by atoms with Crippen molar-refractivity contribution in [2.45, 2.75) is 6.54 Å². The largest absolute Gasteiger partial charge is 0.349 e. The minimum atomic E-state index is 0.0104. The molecule has 20 heavy (non-hydrogen) atoms. The third-order valence-electron chi connectivity index (χ3n) is 2.78. The van der Waals surface area contributed by atoms with Gasteiger partial charge >= 0.3 is 0 Å². The van der Waals surface area contributed by atoms with Crippen molar-refractivity contribution in [3.05, 3.63) is 35.4 Å². The van der Waals surface area contributed by atoms with Crippen LogP contribution in [0.3, 0.4) is 0 Å². The molecule has 0 aromatic heterocycles. The molecule has 5 heteroatoms. The van der Waals surface area contributed by atoms with Gasteiger partial charge < -0.3 is 14.7 Å². The Kier molecular flexibility index (Phi) is 5.55.